The molecular weight excluding hydrogens is 250 g/mol. The molecule has 1 amide bonds. The van der Waals surface area contributed by atoms with Crippen molar-refractivity contribution in [1.29, 1.82) is 0 Å². The van der Waals surface area contributed by atoms with Gasteiger partial charge in [-0.1, -0.05) is 6.07 Å². The number of rotatable bonds is 4. The van der Waals surface area contributed by atoms with E-state index in [9.17, 15) is 4.79 Å². The second kappa shape index (κ2) is 5.92. The van der Waals surface area contributed by atoms with Crippen molar-refractivity contribution >= 4 is 11.6 Å². The van der Waals surface area contributed by atoms with Crippen LogP contribution in [-0.2, 0) is 6.54 Å². The maximum Gasteiger partial charge on any atom is 0.257 e. The van der Waals surface area contributed by atoms with Crippen LogP contribution in [0.25, 0.3) is 0 Å². The molecule has 0 aliphatic carbocycles. The van der Waals surface area contributed by atoms with E-state index in [4.69, 9.17) is 0 Å². The van der Waals surface area contributed by atoms with E-state index in [1.54, 1.807) is 6.20 Å². The molecule has 106 valence electrons. The number of nitrogens with zero attached hydrogens (tertiary/aromatic N) is 1. The molecule has 1 aromatic carbocycles. The lowest BCUT2D eigenvalue weighted by Gasteiger charge is -2.13. The first kappa shape index (κ1) is 14.3. The average molecular weight is 271 g/mol. The molecule has 0 fully saturated rings. The molecule has 2 N–H and O–H groups in total. The second-order valence-corrected chi connectivity index (χ2v) is 5.39. The fourth-order valence-electron chi connectivity index (χ4n) is 2.18. The van der Waals surface area contributed by atoms with E-state index in [-0.39, 0.29) is 5.91 Å². The first-order valence-electron chi connectivity index (χ1n) is 6.66. The summed E-state index contributed by atoms with van der Waals surface area (Å²) < 4.78 is 0. The van der Waals surface area contributed by atoms with E-state index in [2.05, 4.69) is 28.2 Å². The van der Waals surface area contributed by atoms with E-state index in [0.29, 0.717) is 5.56 Å². The maximum atomic E-state index is 12.1. The van der Waals surface area contributed by atoms with Crippen LogP contribution in [0.1, 0.15) is 27.0 Å². The zero-order valence-electron chi connectivity index (χ0n) is 12.4. The molecular formula is C16H21N3O. The van der Waals surface area contributed by atoms with Crippen molar-refractivity contribution in [3.8, 4) is 0 Å². The SMILES string of the molecule is Cc1cc(NC(=O)c2c[nH]cc2C)ccc1CN(C)C. The molecule has 0 saturated heterocycles. The van der Waals surface area contributed by atoms with Crippen LogP contribution < -0.4 is 5.32 Å². The van der Waals surface area contributed by atoms with Crippen LogP contribution in [0.15, 0.2) is 30.6 Å². The van der Waals surface area contributed by atoms with Crippen LogP contribution in [0, 0.1) is 13.8 Å². The van der Waals surface area contributed by atoms with Crippen LogP contribution in [0.4, 0.5) is 5.69 Å². The summed E-state index contributed by atoms with van der Waals surface area (Å²) in [5.74, 6) is -0.0801. The van der Waals surface area contributed by atoms with Crippen molar-refractivity contribution in [2.45, 2.75) is 20.4 Å². The van der Waals surface area contributed by atoms with Crippen LogP contribution in [-0.4, -0.2) is 29.9 Å². The van der Waals surface area contributed by atoms with Crippen LogP contribution in [0.5, 0.6) is 0 Å². The van der Waals surface area contributed by atoms with Gasteiger partial charge in [-0.25, -0.2) is 0 Å². The van der Waals surface area contributed by atoms with Gasteiger partial charge in [-0.05, 0) is 56.8 Å². The zero-order chi connectivity index (χ0) is 14.7. The Morgan fingerprint density at radius 2 is 1.95 bits per heavy atom. The third-order valence-corrected chi connectivity index (χ3v) is 3.28. The van der Waals surface area contributed by atoms with Gasteiger partial charge in [0, 0.05) is 24.6 Å². The quantitative estimate of drug-likeness (QED) is 0.898. The standard InChI is InChI=1S/C16H21N3O/c1-11-7-14(6-5-13(11)10-19(3)4)18-16(20)15-9-17-8-12(15)2/h5-9,17H,10H2,1-4H3,(H,18,20). The third kappa shape index (κ3) is 3.27. The Bertz CT molecular complexity index is 614. The summed E-state index contributed by atoms with van der Waals surface area (Å²) in [6, 6.07) is 6.03. The number of hydrogen-bond acceptors (Lipinski definition) is 2. The number of aromatic nitrogens is 1. The molecule has 1 aromatic heterocycles. The number of aryl methyl sites for hydroxylation is 2. The number of hydrogen-bond donors (Lipinski definition) is 2. The van der Waals surface area contributed by atoms with Crippen LogP contribution in [0.3, 0.4) is 0 Å². The maximum absolute atomic E-state index is 12.1. The summed E-state index contributed by atoms with van der Waals surface area (Å²) in [5.41, 5.74) is 4.91. The molecule has 0 radical (unpaired) electrons. The Morgan fingerprint density at radius 1 is 1.20 bits per heavy atom. The van der Waals surface area contributed by atoms with Gasteiger partial charge >= 0.3 is 0 Å². The summed E-state index contributed by atoms with van der Waals surface area (Å²) in [4.78, 5) is 17.2. The van der Waals surface area contributed by atoms with Gasteiger partial charge in [-0.15, -0.1) is 0 Å². The molecule has 0 bridgehead atoms. The van der Waals surface area contributed by atoms with Gasteiger partial charge in [0.25, 0.3) is 5.91 Å². The van der Waals surface area contributed by atoms with E-state index in [1.807, 2.05) is 39.3 Å². The van der Waals surface area contributed by atoms with Crippen molar-refractivity contribution in [3.63, 3.8) is 0 Å². The summed E-state index contributed by atoms with van der Waals surface area (Å²) in [5, 5.41) is 2.93. The number of carbonyl (C=O) groups excluding carboxylic acids is 1. The van der Waals surface area contributed by atoms with Gasteiger partial charge in [0.2, 0.25) is 0 Å². The minimum Gasteiger partial charge on any atom is -0.367 e. The number of H-pyrrole nitrogens is 1. The number of carbonyl (C=O) groups is 1. The van der Waals surface area contributed by atoms with Crippen molar-refractivity contribution in [3.05, 3.63) is 52.8 Å². The lowest BCUT2D eigenvalue weighted by molar-refractivity contribution is 0.102. The van der Waals surface area contributed by atoms with E-state index < -0.39 is 0 Å². The molecule has 0 atom stereocenters. The first-order chi connectivity index (χ1) is 9.47. The largest absolute Gasteiger partial charge is 0.367 e. The second-order valence-electron chi connectivity index (χ2n) is 5.39. The van der Waals surface area contributed by atoms with E-state index in [0.717, 1.165) is 17.8 Å². The molecule has 4 nitrogen and oxygen atoms in total. The lowest BCUT2D eigenvalue weighted by Crippen LogP contribution is -2.14. The molecule has 4 heteroatoms. The molecule has 20 heavy (non-hydrogen) atoms. The first-order valence-corrected chi connectivity index (χ1v) is 6.66. The number of amides is 1. The Balaban J connectivity index is 2.13. The molecule has 2 rings (SSSR count). The minimum absolute atomic E-state index is 0.0801. The normalized spacial score (nSPS) is 10.8. The average Bonchev–Trinajstić information content (AvgIpc) is 2.78. The molecule has 1 heterocycles. The van der Waals surface area contributed by atoms with E-state index in [1.165, 1.54) is 11.1 Å². The smallest absolute Gasteiger partial charge is 0.257 e. The summed E-state index contributed by atoms with van der Waals surface area (Å²) in [6.07, 6.45) is 3.54. The van der Waals surface area contributed by atoms with Crippen LogP contribution in [0.2, 0.25) is 0 Å². The molecule has 0 saturated carbocycles. The number of nitrogens with one attached hydrogen (secondary N) is 2. The van der Waals surface area contributed by atoms with Gasteiger partial charge in [0.05, 0.1) is 5.56 Å². The van der Waals surface area contributed by atoms with Gasteiger partial charge in [-0.2, -0.15) is 0 Å². The Labute approximate surface area is 119 Å². The molecule has 2 aromatic rings. The summed E-state index contributed by atoms with van der Waals surface area (Å²) in [6.45, 7) is 4.88. The van der Waals surface area contributed by atoms with Crippen molar-refractivity contribution in [2.24, 2.45) is 0 Å². The van der Waals surface area contributed by atoms with Gasteiger partial charge in [-0.3, -0.25) is 4.79 Å². The lowest BCUT2D eigenvalue weighted by atomic mass is 10.1. The van der Waals surface area contributed by atoms with Gasteiger partial charge in [0.15, 0.2) is 0 Å². The highest BCUT2D eigenvalue weighted by molar-refractivity contribution is 6.05. The molecule has 0 aliphatic heterocycles. The predicted molar refractivity (Wildman–Crippen MR) is 82.1 cm³/mol. The number of benzene rings is 1. The van der Waals surface area contributed by atoms with Crippen molar-refractivity contribution < 1.29 is 4.79 Å². The fraction of sp³-hybridized carbons (Fsp3) is 0.312. The van der Waals surface area contributed by atoms with Crippen molar-refractivity contribution in [2.75, 3.05) is 19.4 Å². The van der Waals surface area contributed by atoms with Crippen molar-refractivity contribution in [1.82, 2.24) is 9.88 Å². The number of aromatic amines is 1. The molecule has 0 aliphatic rings. The minimum atomic E-state index is -0.0801. The highest BCUT2D eigenvalue weighted by Crippen LogP contribution is 2.17. The zero-order valence-corrected chi connectivity index (χ0v) is 12.4. The van der Waals surface area contributed by atoms with Gasteiger partial charge in [0.1, 0.15) is 0 Å². The Hall–Kier alpha value is -2.07. The molecule has 0 spiro atoms. The Kier molecular flexibility index (Phi) is 4.25. The van der Waals surface area contributed by atoms with E-state index >= 15 is 0 Å². The third-order valence-electron chi connectivity index (χ3n) is 3.28. The fourth-order valence-corrected chi connectivity index (χ4v) is 2.18. The monoisotopic (exact) mass is 271 g/mol. The number of anilines is 1. The summed E-state index contributed by atoms with van der Waals surface area (Å²) in [7, 11) is 4.09. The summed E-state index contributed by atoms with van der Waals surface area (Å²) >= 11 is 0. The predicted octanol–water partition coefficient (Wildman–Crippen LogP) is 2.95. The highest BCUT2D eigenvalue weighted by Gasteiger charge is 2.10. The highest BCUT2D eigenvalue weighted by atomic mass is 16.1. The molecule has 0 unspecified atom stereocenters. The van der Waals surface area contributed by atoms with Crippen LogP contribution >= 0.6 is 0 Å². The van der Waals surface area contributed by atoms with Gasteiger partial charge < -0.3 is 15.2 Å². The topological polar surface area (TPSA) is 48.1 Å². The Morgan fingerprint density at radius 3 is 2.50 bits per heavy atom.